The highest BCUT2D eigenvalue weighted by molar-refractivity contribution is 6.14. The third-order valence-electron chi connectivity index (χ3n) is 14.5. The Morgan fingerprint density at radius 3 is 1.70 bits per heavy atom. The Labute approximate surface area is 382 Å². The van der Waals surface area contributed by atoms with Gasteiger partial charge in [0.2, 0.25) is 0 Å². The van der Waals surface area contributed by atoms with Crippen LogP contribution in [0.3, 0.4) is 0 Å². The number of rotatable bonds is 4. The van der Waals surface area contributed by atoms with Crippen molar-refractivity contribution >= 4 is 21.8 Å². The average Bonchev–Trinajstić information content (AvgIpc) is 3.95. The van der Waals surface area contributed by atoms with E-state index in [0.717, 1.165) is 61.7 Å². The fraction of sp³-hybridized carbons (Fsp3) is 0.0656. The number of hydrogen-bond donors (Lipinski definition) is 0. The summed E-state index contributed by atoms with van der Waals surface area (Å²) in [5.74, 6) is 3.58. The third kappa shape index (κ3) is 4.92. The van der Waals surface area contributed by atoms with E-state index in [2.05, 4.69) is 188 Å². The van der Waals surface area contributed by atoms with Gasteiger partial charge in [0.05, 0.1) is 16.4 Å². The van der Waals surface area contributed by atoms with E-state index in [1.54, 1.807) is 0 Å². The van der Waals surface area contributed by atoms with E-state index in [-0.39, 0.29) is 5.41 Å². The monoisotopic (exact) mass is 844 g/mol. The molecule has 5 heteroatoms. The number of benzene rings is 9. The van der Waals surface area contributed by atoms with Crippen LogP contribution in [-0.2, 0) is 10.8 Å². The number of nitrogens with zero attached hydrogens (tertiary/aromatic N) is 4. The number of aromatic nitrogens is 4. The minimum Gasteiger partial charge on any atom is -0.457 e. The quantitative estimate of drug-likeness (QED) is 0.177. The van der Waals surface area contributed by atoms with Crippen LogP contribution in [-0.4, -0.2) is 19.5 Å². The highest BCUT2D eigenvalue weighted by Crippen LogP contribution is 2.64. The van der Waals surface area contributed by atoms with Crippen LogP contribution in [0.5, 0.6) is 11.5 Å². The molecule has 14 rings (SSSR count). The SMILES string of the molecule is CC1(C)c2ccccc2-c2ccc3c(c21)c1ccccc1n3-c1ccc2c(c1)-c1c(-c3nc(-c4ccccc4)nc(-c4ccccc4)n3)cccc1C21c2ccccc2Oc2ccccc21. The van der Waals surface area contributed by atoms with Crippen molar-refractivity contribution in [3.63, 3.8) is 0 Å². The standard InChI is InChI=1S/C61H40N4O/c1-60(2)45-25-11-9-22-40(45)41-33-35-51-55(56(41)60)42-23-10-14-29-50(42)65(51)39-32-34-46-44(36-39)54-43(59-63-57(37-18-5-3-6-19-37)62-58(64-59)38-20-7-4-8-21-38)24-17-28-49(54)61(46)47-26-12-15-30-52(47)66-53-31-16-13-27-48(53)61/h3-36H,1-2H3. The molecule has 66 heavy (non-hydrogen) atoms. The second kappa shape index (κ2) is 13.6. The molecule has 9 aromatic carbocycles. The molecule has 0 saturated carbocycles. The van der Waals surface area contributed by atoms with Gasteiger partial charge in [-0.2, -0.15) is 0 Å². The fourth-order valence-corrected chi connectivity index (χ4v) is 11.8. The van der Waals surface area contributed by atoms with E-state index in [0.29, 0.717) is 17.5 Å². The van der Waals surface area contributed by atoms with Crippen molar-refractivity contribution in [1.82, 2.24) is 19.5 Å². The van der Waals surface area contributed by atoms with Crippen LogP contribution in [0.25, 0.3) is 83.9 Å². The molecule has 0 radical (unpaired) electrons. The fourth-order valence-electron chi connectivity index (χ4n) is 11.8. The summed E-state index contributed by atoms with van der Waals surface area (Å²) in [6, 6.07) is 73.8. The zero-order valence-corrected chi connectivity index (χ0v) is 36.3. The first-order valence-corrected chi connectivity index (χ1v) is 22.7. The second-order valence-corrected chi connectivity index (χ2v) is 18.2. The summed E-state index contributed by atoms with van der Waals surface area (Å²) in [4.78, 5) is 15.8. The van der Waals surface area contributed by atoms with Crippen LogP contribution < -0.4 is 4.74 Å². The van der Waals surface area contributed by atoms with Gasteiger partial charge in [0, 0.05) is 49.7 Å². The smallest absolute Gasteiger partial charge is 0.164 e. The van der Waals surface area contributed by atoms with E-state index >= 15 is 0 Å². The van der Waals surface area contributed by atoms with Crippen LogP contribution in [0.1, 0.15) is 47.2 Å². The van der Waals surface area contributed by atoms with Gasteiger partial charge in [0.25, 0.3) is 0 Å². The van der Waals surface area contributed by atoms with Gasteiger partial charge in [0.1, 0.15) is 11.5 Å². The Balaban J connectivity index is 1.08. The summed E-state index contributed by atoms with van der Waals surface area (Å²) in [5, 5.41) is 2.56. The largest absolute Gasteiger partial charge is 0.457 e. The molecular formula is C61H40N4O. The Bertz CT molecular complexity index is 3730. The molecule has 0 N–H and O–H groups in total. The van der Waals surface area contributed by atoms with E-state index < -0.39 is 5.41 Å². The maximum Gasteiger partial charge on any atom is 0.164 e. The van der Waals surface area contributed by atoms with Gasteiger partial charge in [-0.15, -0.1) is 0 Å². The van der Waals surface area contributed by atoms with E-state index in [9.17, 15) is 0 Å². The maximum absolute atomic E-state index is 6.76. The minimum absolute atomic E-state index is 0.176. The number of para-hydroxylation sites is 3. The molecule has 3 aliphatic rings. The third-order valence-corrected chi connectivity index (χ3v) is 14.5. The van der Waals surface area contributed by atoms with Gasteiger partial charge in [-0.1, -0.05) is 184 Å². The summed E-state index contributed by atoms with van der Waals surface area (Å²) in [7, 11) is 0. The van der Waals surface area contributed by atoms with Crippen LogP contribution >= 0.6 is 0 Å². The molecule has 0 bridgehead atoms. The van der Waals surface area contributed by atoms with Crippen molar-refractivity contribution in [2.45, 2.75) is 24.7 Å². The summed E-state index contributed by atoms with van der Waals surface area (Å²) < 4.78 is 9.24. The molecule has 5 nitrogen and oxygen atoms in total. The van der Waals surface area contributed by atoms with Gasteiger partial charge < -0.3 is 9.30 Å². The first kappa shape index (κ1) is 37.0. The predicted octanol–water partition coefficient (Wildman–Crippen LogP) is 14.7. The molecule has 0 fully saturated rings. The summed E-state index contributed by atoms with van der Waals surface area (Å²) in [5.41, 5.74) is 17.6. The Kier molecular flexibility index (Phi) is 7.60. The molecule has 0 saturated heterocycles. The first-order chi connectivity index (χ1) is 32.5. The van der Waals surface area contributed by atoms with Gasteiger partial charge in [-0.05, 0) is 80.9 Å². The van der Waals surface area contributed by atoms with Gasteiger partial charge >= 0.3 is 0 Å². The molecular weight excluding hydrogens is 805 g/mol. The number of ether oxygens (including phenoxy) is 1. The second-order valence-electron chi connectivity index (χ2n) is 18.2. The van der Waals surface area contributed by atoms with E-state index in [4.69, 9.17) is 19.7 Å². The maximum atomic E-state index is 6.76. The van der Waals surface area contributed by atoms with Crippen molar-refractivity contribution in [3.8, 4) is 73.6 Å². The lowest BCUT2D eigenvalue weighted by atomic mass is 9.66. The summed E-state index contributed by atoms with van der Waals surface area (Å²) in [6.45, 7) is 4.77. The lowest BCUT2D eigenvalue weighted by Gasteiger charge is -2.39. The first-order valence-electron chi connectivity index (χ1n) is 22.7. The molecule has 0 atom stereocenters. The molecule has 2 aliphatic carbocycles. The highest BCUT2D eigenvalue weighted by atomic mass is 16.5. The molecule has 3 heterocycles. The van der Waals surface area contributed by atoms with Gasteiger partial charge in [-0.3, -0.25) is 0 Å². The van der Waals surface area contributed by atoms with Crippen molar-refractivity contribution in [3.05, 3.63) is 240 Å². The van der Waals surface area contributed by atoms with Gasteiger partial charge in [-0.25, -0.2) is 15.0 Å². The lowest BCUT2D eigenvalue weighted by molar-refractivity contribution is 0.436. The van der Waals surface area contributed by atoms with E-state index in [1.807, 2.05) is 36.4 Å². The molecule has 1 aliphatic heterocycles. The number of fused-ring (bicyclic) bond motifs is 16. The highest BCUT2D eigenvalue weighted by Gasteiger charge is 2.52. The van der Waals surface area contributed by atoms with Gasteiger partial charge in [0.15, 0.2) is 17.5 Å². The normalized spacial score (nSPS) is 14.3. The van der Waals surface area contributed by atoms with Crippen molar-refractivity contribution in [2.75, 3.05) is 0 Å². The Hall–Kier alpha value is -8.41. The molecule has 0 amide bonds. The molecule has 310 valence electrons. The van der Waals surface area contributed by atoms with E-state index in [1.165, 1.54) is 49.6 Å². The average molecular weight is 845 g/mol. The van der Waals surface area contributed by atoms with Crippen LogP contribution in [0, 0.1) is 0 Å². The molecule has 1 spiro atoms. The molecule has 0 unspecified atom stereocenters. The zero-order chi connectivity index (χ0) is 43.7. The summed E-state index contributed by atoms with van der Waals surface area (Å²) >= 11 is 0. The van der Waals surface area contributed by atoms with Crippen molar-refractivity contribution in [2.24, 2.45) is 0 Å². The molecule has 11 aromatic rings. The Morgan fingerprint density at radius 1 is 0.409 bits per heavy atom. The lowest BCUT2D eigenvalue weighted by Crippen LogP contribution is -2.32. The zero-order valence-electron chi connectivity index (χ0n) is 36.3. The Morgan fingerprint density at radius 2 is 0.985 bits per heavy atom. The van der Waals surface area contributed by atoms with Crippen molar-refractivity contribution in [1.29, 1.82) is 0 Å². The molecule has 2 aromatic heterocycles. The topological polar surface area (TPSA) is 52.8 Å². The van der Waals surface area contributed by atoms with Crippen LogP contribution in [0.4, 0.5) is 0 Å². The summed E-state index contributed by atoms with van der Waals surface area (Å²) in [6.07, 6.45) is 0. The van der Waals surface area contributed by atoms with Crippen LogP contribution in [0.15, 0.2) is 206 Å². The van der Waals surface area contributed by atoms with Crippen molar-refractivity contribution < 1.29 is 4.74 Å². The van der Waals surface area contributed by atoms with Crippen LogP contribution in [0.2, 0.25) is 0 Å². The number of hydrogen-bond acceptors (Lipinski definition) is 4. The predicted molar refractivity (Wildman–Crippen MR) is 265 cm³/mol. The minimum atomic E-state index is -0.695.